The van der Waals surface area contributed by atoms with Gasteiger partial charge < -0.3 is 10.6 Å². The van der Waals surface area contributed by atoms with Crippen LogP contribution in [0.2, 0.25) is 5.02 Å². The molecule has 7 heteroatoms. The van der Waals surface area contributed by atoms with Crippen LogP contribution in [-0.2, 0) is 0 Å². The Balaban J connectivity index is 2.07. The number of nitrogens with zero attached hydrogens (tertiary/aromatic N) is 1. The van der Waals surface area contributed by atoms with Gasteiger partial charge in [0.1, 0.15) is 0 Å². The summed E-state index contributed by atoms with van der Waals surface area (Å²) in [6.07, 6.45) is 0. The normalized spacial score (nSPS) is 9.85. The number of urea groups is 1. The van der Waals surface area contributed by atoms with Gasteiger partial charge in [0.25, 0.3) is 5.69 Å². The molecule has 0 aliphatic carbocycles. The van der Waals surface area contributed by atoms with Gasteiger partial charge in [0.2, 0.25) is 0 Å². The van der Waals surface area contributed by atoms with Crippen LogP contribution in [-0.4, -0.2) is 11.0 Å². The number of amides is 2. The number of nitro groups is 1. The number of anilines is 2. The third-order valence-corrected chi connectivity index (χ3v) is 2.77. The van der Waals surface area contributed by atoms with Crippen LogP contribution in [0, 0.1) is 10.1 Å². The second kappa shape index (κ2) is 6.03. The Morgan fingerprint density at radius 2 is 1.85 bits per heavy atom. The smallest absolute Gasteiger partial charge is 0.307 e. The summed E-state index contributed by atoms with van der Waals surface area (Å²) in [4.78, 5) is 21.9. The monoisotopic (exact) mass is 291 g/mol. The van der Waals surface area contributed by atoms with Crippen molar-refractivity contribution >= 4 is 34.7 Å². The van der Waals surface area contributed by atoms with Crippen molar-refractivity contribution in [2.24, 2.45) is 0 Å². The highest BCUT2D eigenvalue weighted by Crippen LogP contribution is 2.21. The molecule has 2 amide bonds. The maximum absolute atomic E-state index is 11.8. The van der Waals surface area contributed by atoms with Crippen molar-refractivity contribution in [3.63, 3.8) is 0 Å². The molecule has 2 aromatic carbocycles. The molecule has 20 heavy (non-hydrogen) atoms. The molecule has 0 saturated heterocycles. The number of halogens is 1. The Morgan fingerprint density at radius 1 is 1.10 bits per heavy atom. The highest BCUT2D eigenvalue weighted by molar-refractivity contribution is 6.33. The number of benzene rings is 2. The number of carbonyl (C=O) groups excluding carboxylic acids is 1. The summed E-state index contributed by atoms with van der Waals surface area (Å²) in [7, 11) is 0. The second-order valence-electron chi connectivity index (χ2n) is 3.87. The van der Waals surface area contributed by atoms with E-state index in [-0.39, 0.29) is 5.69 Å². The Labute approximate surface area is 119 Å². The van der Waals surface area contributed by atoms with Crippen LogP contribution in [0.1, 0.15) is 0 Å². The molecule has 0 aromatic heterocycles. The molecule has 2 aromatic rings. The van der Waals surface area contributed by atoms with E-state index < -0.39 is 11.0 Å². The van der Waals surface area contributed by atoms with E-state index >= 15 is 0 Å². The molecular formula is C13H10ClN3O3. The van der Waals surface area contributed by atoms with Gasteiger partial charge in [0.15, 0.2) is 0 Å². The molecule has 0 heterocycles. The molecule has 6 nitrogen and oxygen atoms in total. The summed E-state index contributed by atoms with van der Waals surface area (Å²) >= 11 is 5.91. The molecule has 0 saturated carbocycles. The predicted molar refractivity (Wildman–Crippen MR) is 77.2 cm³/mol. The Hall–Kier alpha value is -2.60. The minimum Gasteiger partial charge on any atom is -0.307 e. The minimum absolute atomic E-state index is 0.0967. The summed E-state index contributed by atoms with van der Waals surface area (Å²) in [6, 6.07) is 11.9. The van der Waals surface area contributed by atoms with Gasteiger partial charge in [-0.3, -0.25) is 10.1 Å². The maximum atomic E-state index is 11.8. The van der Waals surface area contributed by atoms with E-state index in [4.69, 9.17) is 11.6 Å². The Morgan fingerprint density at radius 3 is 2.55 bits per heavy atom. The number of para-hydroxylation sites is 1. The number of nitro benzene ring substituents is 1. The summed E-state index contributed by atoms with van der Waals surface area (Å²) in [5, 5.41) is 16.1. The zero-order chi connectivity index (χ0) is 14.5. The van der Waals surface area contributed by atoms with Crippen molar-refractivity contribution in [2.75, 3.05) is 10.6 Å². The summed E-state index contributed by atoms with van der Waals surface area (Å²) < 4.78 is 0. The molecule has 2 N–H and O–H groups in total. The van der Waals surface area contributed by atoms with Gasteiger partial charge in [0.05, 0.1) is 15.6 Å². The van der Waals surface area contributed by atoms with Crippen molar-refractivity contribution in [1.82, 2.24) is 0 Å². The van der Waals surface area contributed by atoms with E-state index in [1.54, 1.807) is 30.3 Å². The first kappa shape index (κ1) is 13.8. The first-order valence-corrected chi connectivity index (χ1v) is 6.01. The lowest BCUT2D eigenvalue weighted by atomic mass is 10.3. The minimum atomic E-state index is -0.531. The van der Waals surface area contributed by atoms with Gasteiger partial charge in [-0.05, 0) is 18.2 Å². The van der Waals surface area contributed by atoms with Gasteiger partial charge in [-0.15, -0.1) is 0 Å². The average molecular weight is 292 g/mol. The molecule has 0 atom stereocenters. The zero-order valence-corrected chi connectivity index (χ0v) is 10.9. The number of nitrogens with one attached hydrogen (secondary N) is 2. The third kappa shape index (κ3) is 3.46. The average Bonchev–Trinajstić information content (AvgIpc) is 2.41. The lowest BCUT2D eigenvalue weighted by Crippen LogP contribution is -2.19. The van der Waals surface area contributed by atoms with E-state index in [1.165, 1.54) is 18.2 Å². The first-order chi connectivity index (χ1) is 9.56. The van der Waals surface area contributed by atoms with E-state index in [9.17, 15) is 14.9 Å². The lowest BCUT2D eigenvalue weighted by Gasteiger charge is -2.08. The molecule has 0 aliphatic heterocycles. The Bertz CT molecular complexity index is 661. The van der Waals surface area contributed by atoms with E-state index in [1.807, 2.05) is 0 Å². The molecular weight excluding hydrogens is 282 g/mol. The molecule has 102 valence electrons. The number of carbonyl (C=O) groups is 1. The zero-order valence-electron chi connectivity index (χ0n) is 10.2. The van der Waals surface area contributed by atoms with Crippen molar-refractivity contribution in [1.29, 1.82) is 0 Å². The number of non-ortho nitro benzene ring substituents is 1. The van der Waals surface area contributed by atoms with Crippen LogP contribution in [0.3, 0.4) is 0 Å². The van der Waals surface area contributed by atoms with Crippen LogP contribution >= 0.6 is 11.6 Å². The lowest BCUT2D eigenvalue weighted by molar-refractivity contribution is -0.384. The van der Waals surface area contributed by atoms with Crippen LogP contribution < -0.4 is 10.6 Å². The van der Waals surface area contributed by atoms with Crippen molar-refractivity contribution in [2.45, 2.75) is 0 Å². The van der Waals surface area contributed by atoms with Gasteiger partial charge in [-0.1, -0.05) is 29.8 Å². The second-order valence-corrected chi connectivity index (χ2v) is 4.27. The van der Waals surface area contributed by atoms with E-state index in [0.717, 1.165) is 0 Å². The van der Waals surface area contributed by atoms with Crippen LogP contribution in [0.25, 0.3) is 0 Å². The van der Waals surface area contributed by atoms with Crippen LogP contribution in [0.4, 0.5) is 21.9 Å². The highest BCUT2D eigenvalue weighted by atomic mass is 35.5. The van der Waals surface area contributed by atoms with Gasteiger partial charge >= 0.3 is 6.03 Å². The molecule has 0 spiro atoms. The SMILES string of the molecule is O=C(Nc1cccc([N+](=O)[O-])c1)Nc1ccccc1Cl. The number of hydrogen-bond acceptors (Lipinski definition) is 3. The molecule has 2 rings (SSSR count). The molecule has 0 aliphatic rings. The number of rotatable bonds is 3. The fourth-order valence-corrected chi connectivity index (χ4v) is 1.73. The summed E-state index contributed by atoms with van der Waals surface area (Å²) in [5.74, 6) is 0. The summed E-state index contributed by atoms with van der Waals surface area (Å²) in [6.45, 7) is 0. The molecule has 0 radical (unpaired) electrons. The highest BCUT2D eigenvalue weighted by Gasteiger charge is 2.09. The van der Waals surface area contributed by atoms with Gasteiger partial charge in [0, 0.05) is 17.8 Å². The van der Waals surface area contributed by atoms with Crippen molar-refractivity contribution in [3.8, 4) is 0 Å². The molecule has 0 bridgehead atoms. The number of hydrogen-bond donors (Lipinski definition) is 2. The van der Waals surface area contributed by atoms with Gasteiger partial charge in [-0.25, -0.2) is 4.79 Å². The largest absolute Gasteiger partial charge is 0.323 e. The topological polar surface area (TPSA) is 84.3 Å². The first-order valence-electron chi connectivity index (χ1n) is 5.63. The fourth-order valence-electron chi connectivity index (χ4n) is 1.54. The maximum Gasteiger partial charge on any atom is 0.323 e. The summed E-state index contributed by atoms with van der Waals surface area (Å²) in [5.41, 5.74) is 0.682. The third-order valence-electron chi connectivity index (χ3n) is 2.44. The Kier molecular flexibility index (Phi) is 4.17. The van der Waals surface area contributed by atoms with Crippen LogP contribution in [0.5, 0.6) is 0 Å². The van der Waals surface area contributed by atoms with E-state index in [2.05, 4.69) is 10.6 Å². The fraction of sp³-hybridized carbons (Fsp3) is 0. The molecule has 0 unspecified atom stereocenters. The van der Waals surface area contributed by atoms with E-state index in [0.29, 0.717) is 16.4 Å². The van der Waals surface area contributed by atoms with Gasteiger partial charge in [-0.2, -0.15) is 0 Å². The quantitative estimate of drug-likeness (QED) is 0.664. The standard InChI is InChI=1S/C13H10ClN3O3/c14-11-6-1-2-7-12(11)16-13(18)15-9-4-3-5-10(8-9)17(19)20/h1-8H,(H2,15,16,18). The van der Waals surface area contributed by atoms with Crippen LogP contribution in [0.15, 0.2) is 48.5 Å². The predicted octanol–water partition coefficient (Wildman–Crippen LogP) is 3.89. The molecule has 0 fully saturated rings. The van der Waals surface area contributed by atoms with Crippen molar-refractivity contribution < 1.29 is 9.72 Å². The van der Waals surface area contributed by atoms with Crippen molar-refractivity contribution in [3.05, 3.63) is 63.7 Å².